The molecular formula is C23H31NO5. The van der Waals surface area contributed by atoms with Crippen molar-refractivity contribution >= 4 is 18.1 Å². The second-order valence-corrected chi connectivity index (χ2v) is 8.66. The van der Waals surface area contributed by atoms with E-state index >= 15 is 0 Å². The number of piperidine rings is 1. The molecule has 29 heavy (non-hydrogen) atoms. The van der Waals surface area contributed by atoms with Crippen LogP contribution < -0.4 is 4.74 Å². The largest absolute Gasteiger partial charge is 0.490 e. The van der Waals surface area contributed by atoms with Gasteiger partial charge in [-0.1, -0.05) is 6.07 Å². The minimum absolute atomic E-state index is 0.0570. The van der Waals surface area contributed by atoms with E-state index in [1.54, 1.807) is 4.90 Å². The van der Waals surface area contributed by atoms with Crippen molar-refractivity contribution in [2.45, 2.75) is 64.6 Å². The fourth-order valence-electron chi connectivity index (χ4n) is 3.70. The Morgan fingerprint density at radius 2 is 1.83 bits per heavy atom. The predicted molar refractivity (Wildman–Crippen MR) is 111 cm³/mol. The molecule has 0 spiro atoms. The Labute approximate surface area is 172 Å². The maximum Gasteiger partial charge on any atom is 0.410 e. The van der Waals surface area contributed by atoms with Crippen LogP contribution in [0.25, 0.3) is 6.08 Å². The van der Waals surface area contributed by atoms with Gasteiger partial charge in [-0.15, -0.1) is 0 Å². The van der Waals surface area contributed by atoms with Crippen molar-refractivity contribution in [2.75, 3.05) is 20.2 Å². The molecule has 3 rings (SSSR count). The van der Waals surface area contributed by atoms with Gasteiger partial charge in [0.25, 0.3) is 0 Å². The van der Waals surface area contributed by atoms with Crippen molar-refractivity contribution in [3.8, 4) is 5.75 Å². The van der Waals surface area contributed by atoms with Gasteiger partial charge >= 0.3 is 12.1 Å². The highest BCUT2D eigenvalue weighted by Crippen LogP contribution is 2.29. The first kappa shape index (κ1) is 21.2. The van der Waals surface area contributed by atoms with Gasteiger partial charge in [0.05, 0.1) is 7.11 Å². The molecule has 0 unspecified atom stereocenters. The SMILES string of the molecule is COC(=O)C1=Cc2cc(OC3CCN(C(=O)OC(C)(C)C)CC3)ccc2CCC1. The smallest absolute Gasteiger partial charge is 0.410 e. The number of esters is 1. The topological polar surface area (TPSA) is 65.1 Å². The molecule has 0 atom stereocenters. The highest BCUT2D eigenvalue weighted by atomic mass is 16.6. The third-order valence-electron chi connectivity index (χ3n) is 5.18. The maximum atomic E-state index is 12.2. The van der Waals surface area contributed by atoms with E-state index in [-0.39, 0.29) is 18.2 Å². The first-order valence-electron chi connectivity index (χ1n) is 10.3. The lowest BCUT2D eigenvalue weighted by atomic mass is 10.0. The molecule has 1 aromatic rings. The van der Waals surface area contributed by atoms with E-state index in [2.05, 4.69) is 6.07 Å². The van der Waals surface area contributed by atoms with Gasteiger partial charge in [0, 0.05) is 31.5 Å². The summed E-state index contributed by atoms with van der Waals surface area (Å²) in [4.78, 5) is 25.9. The summed E-state index contributed by atoms with van der Waals surface area (Å²) in [5.41, 5.74) is 2.46. The van der Waals surface area contributed by atoms with Crippen LogP contribution in [0, 0.1) is 0 Å². The molecule has 1 aromatic carbocycles. The number of benzene rings is 1. The highest BCUT2D eigenvalue weighted by molar-refractivity contribution is 5.94. The van der Waals surface area contributed by atoms with Gasteiger partial charge in [0.15, 0.2) is 0 Å². The molecule has 0 bridgehead atoms. The molecule has 0 N–H and O–H groups in total. The van der Waals surface area contributed by atoms with E-state index in [0.29, 0.717) is 18.7 Å². The molecule has 158 valence electrons. The van der Waals surface area contributed by atoms with Crippen molar-refractivity contribution in [3.63, 3.8) is 0 Å². The van der Waals surface area contributed by atoms with Crippen molar-refractivity contribution in [1.29, 1.82) is 0 Å². The molecule has 1 aliphatic carbocycles. The predicted octanol–water partition coefficient (Wildman–Crippen LogP) is 4.36. The molecule has 6 nitrogen and oxygen atoms in total. The van der Waals surface area contributed by atoms with E-state index in [1.807, 2.05) is 39.0 Å². The zero-order valence-corrected chi connectivity index (χ0v) is 17.8. The monoisotopic (exact) mass is 401 g/mol. The van der Waals surface area contributed by atoms with Crippen LogP contribution in [0.3, 0.4) is 0 Å². The molecular weight excluding hydrogens is 370 g/mol. The number of nitrogens with zero attached hydrogens (tertiary/aromatic N) is 1. The van der Waals surface area contributed by atoms with Crippen LogP contribution in [0.1, 0.15) is 57.6 Å². The standard InChI is InChI=1S/C23H31NO5/c1-23(2,3)29-22(26)24-12-10-19(11-13-24)28-20-9-8-16-6-5-7-17(21(25)27-4)14-18(16)15-20/h8-9,14-15,19H,5-7,10-13H2,1-4H3. The van der Waals surface area contributed by atoms with Crippen LogP contribution in [0.4, 0.5) is 4.79 Å². The first-order chi connectivity index (χ1) is 13.7. The summed E-state index contributed by atoms with van der Waals surface area (Å²) >= 11 is 0. The van der Waals surface area contributed by atoms with Gasteiger partial charge < -0.3 is 19.1 Å². The number of aryl methyl sites for hydroxylation is 1. The number of carbonyl (C=O) groups is 2. The van der Waals surface area contributed by atoms with Gasteiger partial charge in [-0.05, 0) is 69.4 Å². The summed E-state index contributed by atoms with van der Waals surface area (Å²) in [5, 5.41) is 0. The van der Waals surface area contributed by atoms with E-state index in [0.717, 1.165) is 43.4 Å². The van der Waals surface area contributed by atoms with Crippen molar-refractivity contribution < 1.29 is 23.8 Å². The summed E-state index contributed by atoms with van der Waals surface area (Å²) in [7, 11) is 1.41. The molecule has 0 radical (unpaired) electrons. The van der Waals surface area contributed by atoms with Gasteiger partial charge in [-0.25, -0.2) is 9.59 Å². The second-order valence-electron chi connectivity index (χ2n) is 8.66. The molecule has 6 heteroatoms. The number of hydrogen-bond donors (Lipinski definition) is 0. The van der Waals surface area contributed by atoms with Crippen molar-refractivity contribution in [2.24, 2.45) is 0 Å². The fraction of sp³-hybridized carbons (Fsp3) is 0.565. The average Bonchev–Trinajstić information content (AvgIpc) is 2.88. The normalized spacial score (nSPS) is 17.7. The van der Waals surface area contributed by atoms with Gasteiger partial charge in [0.1, 0.15) is 17.5 Å². The summed E-state index contributed by atoms with van der Waals surface area (Å²) < 4.78 is 16.5. The third-order valence-corrected chi connectivity index (χ3v) is 5.18. The van der Waals surface area contributed by atoms with Gasteiger partial charge in [-0.3, -0.25) is 0 Å². The van der Waals surface area contributed by atoms with Crippen LogP contribution in [-0.4, -0.2) is 48.9 Å². The lowest BCUT2D eigenvalue weighted by Crippen LogP contribution is -2.44. The van der Waals surface area contributed by atoms with Crippen LogP contribution in [0.15, 0.2) is 23.8 Å². The Bertz CT molecular complexity index is 785. The van der Waals surface area contributed by atoms with Crippen LogP contribution >= 0.6 is 0 Å². The highest BCUT2D eigenvalue weighted by Gasteiger charge is 2.27. The average molecular weight is 402 g/mol. The second kappa shape index (κ2) is 8.89. The Morgan fingerprint density at radius 3 is 2.48 bits per heavy atom. The molecule has 0 saturated carbocycles. The molecule has 2 aliphatic rings. The van der Waals surface area contributed by atoms with E-state index in [1.165, 1.54) is 12.7 Å². The van der Waals surface area contributed by atoms with E-state index in [9.17, 15) is 9.59 Å². The van der Waals surface area contributed by atoms with E-state index in [4.69, 9.17) is 14.2 Å². The number of ether oxygens (including phenoxy) is 3. The Morgan fingerprint density at radius 1 is 1.10 bits per heavy atom. The number of fused-ring (bicyclic) bond motifs is 1. The summed E-state index contributed by atoms with van der Waals surface area (Å²) in [5.74, 6) is 0.528. The molecule has 1 fully saturated rings. The Kier molecular flexibility index (Phi) is 6.50. The Hall–Kier alpha value is -2.50. The molecule has 1 aliphatic heterocycles. The van der Waals surface area contributed by atoms with Crippen LogP contribution in [0.2, 0.25) is 0 Å². The number of carbonyl (C=O) groups excluding carboxylic acids is 2. The van der Waals surface area contributed by atoms with Crippen molar-refractivity contribution in [1.82, 2.24) is 4.90 Å². The number of methoxy groups -OCH3 is 1. The molecule has 1 heterocycles. The van der Waals surface area contributed by atoms with E-state index < -0.39 is 5.60 Å². The first-order valence-corrected chi connectivity index (χ1v) is 10.3. The summed E-state index contributed by atoms with van der Waals surface area (Å²) in [6.45, 7) is 6.87. The minimum Gasteiger partial charge on any atom is -0.490 e. The quantitative estimate of drug-likeness (QED) is 0.704. The lowest BCUT2D eigenvalue weighted by molar-refractivity contribution is -0.136. The third kappa shape index (κ3) is 5.75. The Balaban J connectivity index is 1.62. The summed E-state index contributed by atoms with van der Waals surface area (Å²) in [6.07, 6.45) is 5.83. The zero-order chi connectivity index (χ0) is 21.0. The molecule has 1 saturated heterocycles. The minimum atomic E-state index is -0.483. The number of rotatable bonds is 3. The van der Waals surface area contributed by atoms with Gasteiger partial charge in [0.2, 0.25) is 0 Å². The maximum absolute atomic E-state index is 12.2. The fourth-order valence-corrected chi connectivity index (χ4v) is 3.70. The van der Waals surface area contributed by atoms with Crippen LogP contribution in [-0.2, 0) is 20.7 Å². The summed E-state index contributed by atoms with van der Waals surface area (Å²) in [6, 6.07) is 6.08. The number of hydrogen-bond acceptors (Lipinski definition) is 5. The van der Waals surface area contributed by atoms with Gasteiger partial charge in [-0.2, -0.15) is 0 Å². The zero-order valence-electron chi connectivity index (χ0n) is 17.8. The van der Waals surface area contributed by atoms with Crippen molar-refractivity contribution in [3.05, 3.63) is 34.9 Å². The lowest BCUT2D eigenvalue weighted by Gasteiger charge is -2.33. The number of likely N-dealkylation sites (tertiary alicyclic amines) is 1. The molecule has 1 amide bonds. The number of amides is 1. The van der Waals surface area contributed by atoms with Crippen LogP contribution in [0.5, 0.6) is 5.75 Å². The molecule has 0 aromatic heterocycles.